The summed E-state index contributed by atoms with van der Waals surface area (Å²) in [6.45, 7) is 2.36. The Labute approximate surface area is 184 Å². The predicted molar refractivity (Wildman–Crippen MR) is 124 cm³/mol. The van der Waals surface area contributed by atoms with Crippen LogP contribution in [-0.2, 0) is 22.4 Å². The largest absolute Gasteiger partial charge is 0.354 e. The van der Waals surface area contributed by atoms with E-state index in [0.29, 0.717) is 39.0 Å². The van der Waals surface area contributed by atoms with E-state index in [2.05, 4.69) is 22.8 Å². The van der Waals surface area contributed by atoms with Crippen molar-refractivity contribution in [3.8, 4) is 0 Å². The molecule has 0 aliphatic heterocycles. The van der Waals surface area contributed by atoms with E-state index >= 15 is 0 Å². The molecule has 0 aromatic carbocycles. The molecule has 1 heterocycles. The third-order valence-electron chi connectivity index (χ3n) is 4.90. The maximum absolute atomic E-state index is 12.7. The van der Waals surface area contributed by atoms with Crippen LogP contribution in [0.2, 0.25) is 0 Å². The van der Waals surface area contributed by atoms with Crippen molar-refractivity contribution in [3.05, 3.63) is 21.9 Å². The Balaban J connectivity index is 2.50. The van der Waals surface area contributed by atoms with Crippen molar-refractivity contribution >= 4 is 23.2 Å². The lowest BCUT2D eigenvalue weighted by Gasteiger charge is -2.20. The zero-order chi connectivity index (χ0) is 22.2. The minimum atomic E-state index is -0.626. The van der Waals surface area contributed by atoms with Gasteiger partial charge in [-0.25, -0.2) is 0 Å². The normalized spacial score (nSPS) is 13.1. The van der Waals surface area contributed by atoms with Gasteiger partial charge in [0.1, 0.15) is 6.04 Å². The van der Waals surface area contributed by atoms with Crippen LogP contribution in [-0.4, -0.2) is 50.1 Å². The standard InChI is InChI=1S/C21H40N6O2S/c22-12-3-1-7-18(25)20(28)27-19(8-2-4-13-23)21(29)26-15-11-17-10-9-16(30-17)6-5-14-24/h9-10,18-19H,1-8,11-15,22-25H2,(H,26,29)(H,27,28)/t18-,19+/m1/s1. The Morgan fingerprint density at radius 3 is 2.07 bits per heavy atom. The minimum absolute atomic E-state index is 0.172. The molecule has 0 fully saturated rings. The molecule has 0 bridgehead atoms. The maximum Gasteiger partial charge on any atom is 0.242 e. The lowest BCUT2D eigenvalue weighted by Crippen LogP contribution is -2.51. The molecular weight excluding hydrogens is 400 g/mol. The number of amides is 2. The second kappa shape index (κ2) is 16.2. The van der Waals surface area contributed by atoms with E-state index in [-0.39, 0.29) is 11.8 Å². The van der Waals surface area contributed by atoms with Gasteiger partial charge in [-0.15, -0.1) is 11.3 Å². The van der Waals surface area contributed by atoms with Crippen molar-refractivity contribution in [3.63, 3.8) is 0 Å². The summed E-state index contributed by atoms with van der Waals surface area (Å²) in [6, 6.07) is 3.01. The smallest absolute Gasteiger partial charge is 0.242 e. The Kier molecular flexibility index (Phi) is 14.3. The van der Waals surface area contributed by atoms with Crippen molar-refractivity contribution < 1.29 is 9.59 Å². The van der Waals surface area contributed by atoms with Crippen LogP contribution in [0.1, 0.15) is 54.7 Å². The van der Waals surface area contributed by atoms with E-state index in [9.17, 15) is 9.59 Å². The molecule has 0 unspecified atom stereocenters. The quantitative estimate of drug-likeness (QED) is 0.192. The van der Waals surface area contributed by atoms with Crippen LogP contribution in [0, 0.1) is 0 Å². The Morgan fingerprint density at radius 2 is 1.43 bits per heavy atom. The van der Waals surface area contributed by atoms with Crippen LogP contribution in [0.4, 0.5) is 0 Å². The van der Waals surface area contributed by atoms with Gasteiger partial charge in [0.2, 0.25) is 11.8 Å². The third-order valence-corrected chi connectivity index (χ3v) is 6.11. The molecule has 0 radical (unpaired) electrons. The molecule has 1 aromatic heterocycles. The fourth-order valence-electron chi connectivity index (χ4n) is 3.08. The lowest BCUT2D eigenvalue weighted by atomic mass is 10.1. The molecule has 10 N–H and O–H groups in total. The van der Waals surface area contributed by atoms with Crippen LogP contribution < -0.4 is 33.6 Å². The zero-order valence-corrected chi connectivity index (χ0v) is 18.9. The number of aryl methyl sites for hydroxylation is 1. The fourth-order valence-corrected chi connectivity index (χ4v) is 4.14. The molecule has 0 saturated heterocycles. The van der Waals surface area contributed by atoms with Crippen LogP contribution in [0.3, 0.4) is 0 Å². The number of nitrogens with one attached hydrogen (secondary N) is 2. The molecule has 0 aliphatic rings. The van der Waals surface area contributed by atoms with E-state index in [1.54, 1.807) is 11.3 Å². The van der Waals surface area contributed by atoms with Crippen molar-refractivity contribution in [1.29, 1.82) is 0 Å². The van der Waals surface area contributed by atoms with E-state index in [1.807, 2.05) is 0 Å². The number of hydrogen-bond acceptors (Lipinski definition) is 7. The minimum Gasteiger partial charge on any atom is -0.354 e. The molecule has 172 valence electrons. The van der Waals surface area contributed by atoms with Gasteiger partial charge < -0.3 is 33.6 Å². The molecule has 9 heteroatoms. The highest BCUT2D eigenvalue weighted by Crippen LogP contribution is 2.18. The molecule has 2 atom stereocenters. The Bertz CT molecular complexity index is 610. The van der Waals surface area contributed by atoms with Gasteiger partial charge in [-0.3, -0.25) is 9.59 Å². The van der Waals surface area contributed by atoms with Gasteiger partial charge in [0.25, 0.3) is 0 Å². The van der Waals surface area contributed by atoms with E-state index in [1.165, 1.54) is 9.75 Å². The summed E-state index contributed by atoms with van der Waals surface area (Å²) in [5.74, 6) is -0.461. The van der Waals surface area contributed by atoms with Gasteiger partial charge in [-0.1, -0.05) is 6.42 Å². The number of carbonyl (C=O) groups excluding carboxylic acids is 2. The SMILES string of the molecule is NCCCC[C@@H](N)C(=O)N[C@@H](CCCCN)C(=O)NCCc1ccc(CCCN)s1. The molecule has 1 rings (SSSR count). The predicted octanol–water partition coefficient (Wildman–Crippen LogP) is 0.368. The Morgan fingerprint density at radius 1 is 0.833 bits per heavy atom. The molecular formula is C21H40N6O2S. The van der Waals surface area contributed by atoms with E-state index in [0.717, 1.165) is 44.9 Å². The summed E-state index contributed by atoms with van der Waals surface area (Å²) in [5, 5.41) is 5.77. The number of thiophene rings is 1. The van der Waals surface area contributed by atoms with Gasteiger partial charge >= 0.3 is 0 Å². The number of hydrogen-bond donors (Lipinski definition) is 6. The molecule has 0 spiro atoms. The van der Waals surface area contributed by atoms with Gasteiger partial charge in [-0.2, -0.15) is 0 Å². The van der Waals surface area contributed by atoms with Gasteiger partial charge in [-0.05, 0) is 83.1 Å². The van der Waals surface area contributed by atoms with Gasteiger partial charge in [0.15, 0.2) is 0 Å². The monoisotopic (exact) mass is 440 g/mol. The average molecular weight is 441 g/mol. The number of unbranched alkanes of at least 4 members (excludes halogenated alkanes) is 2. The molecule has 0 saturated carbocycles. The van der Waals surface area contributed by atoms with Crippen molar-refractivity contribution in [2.75, 3.05) is 26.2 Å². The van der Waals surface area contributed by atoms with Crippen LogP contribution >= 0.6 is 11.3 Å². The summed E-state index contributed by atoms with van der Waals surface area (Å²) < 4.78 is 0. The highest BCUT2D eigenvalue weighted by Gasteiger charge is 2.23. The first-order valence-corrected chi connectivity index (χ1v) is 11.8. The molecule has 2 amide bonds. The second-order valence-corrected chi connectivity index (χ2v) is 8.79. The number of carbonyl (C=O) groups is 2. The maximum atomic E-state index is 12.7. The van der Waals surface area contributed by atoms with Gasteiger partial charge in [0.05, 0.1) is 6.04 Å². The Hall–Kier alpha value is -1.52. The fraction of sp³-hybridized carbons (Fsp3) is 0.714. The first kappa shape index (κ1) is 26.5. The van der Waals surface area contributed by atoms with Crippen LogP contribution in [0.5, 0.6) is 0 Å². The average Bonchev–Trinajstić information content (AvgIpc) is 3.19. The first-order chi connectivity index (χ1) is 14.5. The first-order valence-electron chi connectivity index (χ1n) is 11.0. The number of rotatable bonds is 17. The summed E-state index contributed by atoms with van der Waals surface area (Å²) in [6.07, 6.45) is 7.05. The zero-order valence-electron chi connectivity index (χ0n) is 18.0. The highest BCUT2D eigenvalue weighted by atomic mass is 32.1. The summed E-state index contributed by atoms with van der Waals surface area (Å²) in [5.41, 5.74) is 22.6. The molecule has 8 nitrogen and oxygen atoms in total. The highest BCUT2D eigenvalue weighted by molar-refractivity contribution is 7.11. The van der Waals surface area contributed by atoms with Crippen molar-refractivity contribution in [2.45, 2.75) is 69.9 Å². The van der Waals surface area contributed by atoms with Gasteiger partial charge in [0, 0.05) is 16.3 Å². The molecule has 0 aliphatic carbocycles. The summed E-state index contributed by atoms with van der Waals surface area (Å²) in [7, 11) is 0. The van der Waals surface area contributed by atoms with Crippen LogP contribution in [0.15, 0.2) is 12.1 Å². The van der Waals surface area contributed by atoms with E-state index in [4.69, 9.17) is 22.9 Å². The molecule has 1 aromatic rings. The summed E-state index contributed by atoms with van der Waals surface area (Å²) >= 11 is 1.76. The van der Waals surface area contributed by atoms with E-state index < -0.39 is 12.1 Å². The van der Waals surface area contributed by atoms with Crippen molar-refractivity contribution in [1.82, 2.24) is 10.6 Å². The topological polar surface area (TPSA) is 162 Å². The second-order valence-electron chi connectivity index (χ2n) is 7.54. The lowest BCUT2D eigenvalue weighted by molar-refractivity contribution is -0.129. The third kappa shape index (κ3) is 11.0. The van der Waals surface area contributed by atoms with Crippen LogP contribution in [0.25, 0.3) is 0 Å². The number of nitrogens with two attached hydrogens (primary N) is 4. The molecule has 30 heavy (non-hydrogen) atoms. The summed E-state index contributed by atoms with van der Waals surface area (Å²) in [4.78, 5) is 27.6. The van der Waals surface area contributed by atoms with Crippen molar-refractivity contribution in [2.24, 2.45) is 22.9 Å².